The first-order valence-corrected chi connectivity index (χ1v) is 10.5. The molecule has 1 heterocycles. The quantitative estimate of drug-likeness (QED) is 0.403. The van der Waals surface area contributed by atoms with Gasteiger partial charge >= 0.3 is 5.97 Å². The van der Waals surface area contributed by atoms with Crippen molar-refractivity contribution in [2.45, 2.75) is 78.1 Å². The molecule has 160 valence electrons. The largest absolute Gasteiger partial charge is 0.489 e. The van der Waals surface area contributed by atoms with Crippen molar-refractivity contribution in [3.63, 3.8) is 0 Å². The van der Waals surface area contributed by atoms with Crippen LogP contribution in [0.25, 0.3) is 0 Å². The Hall–Kier alpha value is -2.03. The Morgan fingerprint density at radius 2 is 2.10 bits per heavy atom. The van der Waals surface area contributed by atoms with Crippen LogP contribution < -0.4 is 0 Å². The summed E-state index contributed by atoms with van der Waals surface area (Å²) in [6, 6.07) is 0. The van der Waals surface area contributed by atoms with E-state index in [9.17, 15) is 15.0 Å². The van der Waals surface area contributed by atoms with Crippen molar-refractivity contribution in [3.05, 3.63) is 35.1 Å². The molecule has 0 spiro atoms. The van der Waals surface area contributed by atoms with Crippen LogP contribution in [0, 0.1) is 29.6 Å². The number of fused-ring (bicyclic) bond motifs is 1. The highest BCUT2D eigenvalue weighted by Gasteiger charge is 2.48. The fourth-order valence-corrected chi connectivity index (χ4v) is 4.33. The second kappa shape index (κ2) is 10.7. The monoisotopic (exact) mass is 402 g/mol. The van der Waals surface area contributed by atoms with Crippen LogP contribution in [0.2, 0.25) is 0 Å². The molecule has 0 saturated heterocycles. The maximum Gasteiger partial charge on any atom is 0.303 e. The number of aliphatic hydroxyl groups is 2. The molecule has 0 amide bonds. The van der Waals surface area contributed by atoms with Crippen LogP contribution in [0.4, 0.5) is 0 Å². The molecule has 0 unspecified atom stereocenters. The molecule has 0 bridgehead atoms. The lowest BCUT2D eigenvalue weighted by Gasteiger charge is -2.19. The number of carboxylic acids is 1. The van der Waals surface area contributed by atoms with Gasteiger partial charge < -0.3 is 20.1 Å². The molecule has 3 N–H and O–H groups in total. The predicted molar refractivity (Wildman–Crippen MR) is 113 cm³/mol. The number of rotatable bonds is 9. The van der Waals surface area contributed by atoms with Gasteiger partial charge in [0, 0.05) is 31.1 Å². The normalized spacial score (nSPS) is 28.7. The van der Waals surface area contributed by atoms with Crippen molar-refractivity contribution in [1.29, 1.82) is 0 Å². The van der Waals surface area contributed by atoms with E-state index in [4.69, 9.17) is 9.84 Å². The summed E-state index contributed by atoms with van der Waals surface area (Å²) in [5, 5.41) is 29.8. The van der Waals surface area contributed by atoms with Crippen molar-refractivity contribution in [2.75, 3.05) is 0 Å². The van der Waals surface area contributed by atoms with Gasteiger partial charge in [0.15, 0.2) is 0 Å². The topological polar surface area (TPSA) is 87.0 Å². The third-order valence-electron chi connectivity index (χ3n) is 6.05. The third kappa shape index (κ3) is 5.74. The molecule has 29 heavy (non-hydrogen) atoms. The first-order chi connectivity index (χ1) is 13.8. The first-order valence-electron chi connectivity index (χ1n) is 10.5. The van der Waals surface area contributed by atoms with Crippen LogP contribution >= 0.6 is 0 Å². The van der Waals surface area contributed by atoms with E-state index in [-0.39, 0.29) is 30.3 Å². The number of ether oxygens (including phenoxy) is 1. The van der Waals surface area contributed by atoms with Gasteiger partial charge in [-0.25, -0.2) is 0 Å². The molecule has 0 radical (unpaired) electrons. The average molecular weight is 403 g/mol. The van der Waals surface area contributed by atoms with E-state index in [0.717, 1.165) is 16.9 Å². The number of hydrogen-bond acceptors (Lipinski definition) is 4. The number of allylic oxidation sites excluding steroid dienone is 2. The molecule has 2 rings (SSSR count). The second-order valence-electron chi connectivity index (χ2n) is 8.12. The molecule has 6 atom stereocenters. The van der Waals surface area contributed by atoms with Crippen molar-refractivity contribution < 1.29 is 24.9 Å². The summed E-state index contributed by atoms with van der Waals surface area (Å²) in [7, 11) is 0. The number of aliphatic carboxylic acids is 1. The molecule has 1 saturated carbocycles. The van der Waals surface area contributed by atoms with E-state index >= 15 is 0 Å². The van der Waals surface area contributed by atoms with Crippen LogP contribution in [0.3, 0.4) is 0 Å². The predicted octanol–water partition coefficient (Wildman–Crippen LogP) is 3.82. The Morgan fingerprint density at radius 1 is 1.38 bits per heavy atom. The highest BCUT2D eigenvalue weighted by Crippen LogP contribution is 2.48. The summed E-state index contributed by atoms with van der Waals surface area (Å²) in [6.07, 6.45) is 7.08. The van der Waals surface area contributed by atoms with Gasteiger partial charge in [-0.2, -0.15) is 0 Å². The minimum atomic E-state index is -0.790. The zero-order chi connectivity index (χ0) is 21.6. The zero-order valence-corrected chi connectivity index (χ0v) is 17.9. The van der Waals surface area contributed by atoms with Crippen LogP contribution in [0.15, 0.2) is 35.1 Å². The van der Waals surface area contributed by atoms with Gasteiger partial charge in [-0.15, -0.1) is 11.8 Å². The molecule has 1 aliphatic carbocycles. The van der Waals surface area contributed by atoms with Crippen molar-refractivity contribution >= 4 is 5.97 Å². The summed E-state index contributed by atoms with van der Waals surface area (Å²) in [5.74, 6) is 5.91. The van der Waals surface area contributed by atoms with Gasteiger partial charge in [-0.1, -0.05) is 25.2 Å². The molecule has 5 heteroatoms. The molecule has 0 aromatic heterocycles. The molecule has 5 nitrogen and oxygen atoms in total. The fraction of sp³-hybridized carbons (Fsp3) is 0.625. The van der Waals surface area contributed by atoms with Crippen LogP contribution in [-0.2, 0) is 9.53 Å². The van der Waals surface area contributed by atoms with Gasteiger partial charge in [0.25, 0.3) is 0 Å². The van der Waals surface area contributed by atoms with Crippen LogP contribution in [0.5, 0.6) is 0 Å². The summed E-state index contributed by atoms with van der Waals surface area (Å²) in [5.41, 5.74) is 2.13. The summed E-state index contributed by atoms with van der Waals surface area (Å²) >= 11 is 0. The summed E-state index contributed by atoms with van der Waals surface area (Å²) in [4.78, 5) is 10.8. The van der Waals surface area contributed by atoms with Gasteiger partial charge in [-0.3, -0.25) is 4.79 Å². The Morgan fingerprint density at radius 3 is 2.72 bits per heavy atom. The Balaban J connectivity index is 2.12. The van der Waals surface area contributed by atoms with Crippen LogP contribution in [-0.4, -0.2) is 39.6 Å². The number of carbonyl (C=O) groups is 1. The molecule has 1 fully saturated rings. The maximum absolute atomic E-state index is 10.8. The lowest BCUT2D eigenvalue weighted by molar-refractivity contribution is -0.137. The lowest BCUT2D eigenvalue weighted by atomic mass is 9.86. The van der Waals surface area contributed by atoms with E-state index in [0.29, 0.717) is 25.7 Å². The third-order valence-corrected chi connectivity index (χ3v) is 6.05. The van der Waals surface area contributed by atoms with Gasteiger partial charge in [0.2, 0.25) is 0 Å². The number of aliphatic hydroxyl groups excluding tert-OH is 2. The summed E-state index contributed by atoms with van der Waals surface area (Å²) < 4.78 is 6.21. The number of carboxylic acid groups (broad SMARTS) is 1. The highest BCUT2D eigenvalue weighted by molar-refractivity contribution is 5.66. The Bertz CT molecular complexity index is 736. The van der Waals surface area contributed by atoms with Gasteiger partial charge in [-0.05, 0) is 50.7 Å². The van der Waals surface area contributed by atoms with E-state index in [1.807, 2.05) is 32.9 Å². The first kappa shape index (κ1) is 23.3. The molecular weight excluding hydrogens is 368 g/mol. The van der Waals surface area contributed by atoms with E-state index in [2.05, 4.69) is 11.8 Å². The second-order valence-corrected chi connectivity index (χ2v) is 8.12. The average Bonchev–Trinajstić information content (AvgIpc) is 3.16. The zero-order valence-electron chi connectivity index (χ0n) is 17.9. The Labute approximate surface area is 174 Å². The maximum atomic E-state index is 10.8. The number of hydrogen-bond donors (Lipinski definition) is 3. The smallest absolute Gasteiger partial charge is 0.303 e. The van der Waals surface area contributed by atoms with Crippen LogP contribution in [0.1, 0.15) is 59.8 Å². The van der Waals surface area contributed by atoms with Gasteiger partial charge in [0.1, 0.15) is 11.9 Å². The summed E-state index contributed by atoms with van der Waals surface area (Å²) in [6.45, 7) is 7.73. The molecule has 0 aromatic rings. The van der Waals surface area contributed by atoms with Gasteiger partial charge in [0.05, 0.1) is 12.2 Å². The highest BCUT2D eigenvalue weighted by atomic mass is 16.5. The standard InChI is InChI=1S/C24H34O5/c1-5-7-9-15(3)19(25)13-12-18-20(26)14-21-23(18)16(4)24(29-21)17(6-2)10-8-11-22(27)28/h6,12-13,15,18-21,23,25-26H,8-11,14H2,1-4H3,(H,27,28)/b13-12+,17-6-/t15-,18-,19+,20+,21-,23+/m0/s1. The fourth-order valence-electron chi connectivity index (χ4n) is 4.33. The molecule has 1 aliphatic heterocycles. The Kier molecular flexibility index (Phi) is 8.55. The van der Waals surface area contributed by atoms with E-state index < -0.39 is 18.2 Å². The van der Waals surface area contributed by atoms with Crippen molar-refractivity contribution in [1.82, 2.24) is 0 Å². The minimum absolute atomic E-state index is 0.0314. The minimum Gasteiger partial charge on any atom is -0.489 e. The van der Waals surface area contributed by atoms with E-state index in [1.54, 1.807) is 13.0 Å². The van der Waals surface area contributed by atoms with E-state index in [1.165, 1.54) is 0 Å². The SMILES string of the molecule is CC#CC[C@H](C)[C@H](O)/C=C/[C@@H]1[C@H]2C(C)=C(/C(=C\C)CCCC(=O)O)O[C@H]2C[C@H]1O. The molecule has 2 aliphatic rings. The van der Waals surface area contributed by atoms with Crippen molar-refractivity contribution in [2.24, 2.45) is 17.8 Å². The van der Waals surface area contributed by atoms with Crippen molar-refractivity contribution in [3.8, 4) is 11.8 Å². The molecule has 0 aromatic carbocycles. The molecular formula is C24H34O5. The lowest BCUT2D eigenvalue weighted by Crippen LogP contribution is -2.21.